The number of aromatic nitrogens is 1. The third kappa shape index (κ3) is 3.76. The van der Waals surface area contributed by atoms with Gasteiger partial charge in [-0.25, -0.2) is 4.98 Å². The molecule has 0 saturated heterocycles. The molecule has 3 heteroatoms. The van der Waals surface area contributed by atoms with Crippen molar-refractivity contribution in [2.45, 2.75) is 19.6 Å². The van der Waals surface area contributed by atoms with E-state index in [1.54, 1.807) is 6.20 Å². The summed E-state index contributed by atoms with van der Waals surface area (Å²) in [4.78, 5) is 4.43. The van der Waals surface area contributed by atoms with E-state index < -0.39 is 6.10 Å². The number of nitrogens with one attached hydrogen (secondary N) is 1. The van der Waals surface area contributed by atoms with Gasteiger partial charge in [-0.15, -0.1) is 0 Å². The first-order valence-corrected chi connectivity index (χ1v) is 7.71. The number of aliphatic hydroxyl groups is 1. The quantitative estimate of drug-likeness (QED) is 0.746. The number of anilines is 1. The number of pyridine rings is 1. The van der Waals surface area contributed by atoms with E-state index >= 15 is 0 Å². The molecule has 0 fully saturated rings. The van der Waals surface area contributed by atoms with Crippen LogP contribution in [0.4, 0.5) is 5.82 Å². The number of hydrogen-bond acceptors (Lipinski definition) is 3. The lowest BCUT2D eigenvalue weighted by Gasteiger charge is -2.15. The number of rotatable bonds is 5. The Morgan fingerprint density at radius 2 is 1.65 bits per heavy atom. The monoisotopic (exact) mass is 304 g/mol. The Balaban J connectivity index is 1.73. The Hall–Kier alpha value is -2.65. The molecule has 1 aromatic heterocycles. The lowest BCUT2D eigenvalue weighted by Crippen LogP contribution is -2.06. The molecule has 23 heavy (non-hydrogen) atoms. The predicted molar refractivity (Wildman–Crippen MR) is 93.2 cm³/mol. The number of aryl methyl sites for hydroxylation is 1. The van der Waals surface area contributed by atoms with Gasteiger partial charge in [-0.2, -0.15) is 0 Å². The maximum absolute atomic E-state index is 10.5. The van der Waals surface area contributed by atoms with Gasteiger partial charge < -0.3 is 10.4 Å². The van der Waals surface area contributed by atoms with Crippen molar-refractivity contribution in [1.29, 1.82) is 0 Å². The molecular weight excluding hydrogens is 284 g/mol. The molecule has 0 bridgehead atoms. The zero-order chi connectivity index (χ0) is 16.1. The van der Waals surface area contributed by atoms with Crippen molar-refractivity contribution in [3.63, 3.8) is 0 Å². The highest BCUT2D eigenvalue weighted by Crippen LogP contribution is 2.25. The fourth-order valence-electron chi connectivity index (χ4n) is 2.55. The minimum atomic E-state index is -0.646. The van der Waals surface area contributed by atoms with Crippen molar-refractivity contribution >= 4 is 5.82 Å². The van der Waals surface area contributed by atoms with Crippen molar-refractivity contribution in [3.8, 4) is 0 Å². The predicted octanol–water partition coefficient (Wildman–Crippen LogP) is 4.08. The molecule has 3 nitrogen and oxygen atoms in total. The van der Waals surface area contributed by atoms with Crippen LogP contribution in [0.5, 0.6) is 0 Å². The van der Waals surface area contributed by atoms with Gasteiger partial charge >= 0.3 is 0 Å². The lowest BCUT2D eigenvalue weighted by atomic mass is 9.99. The Morgan fingerprint density at radius 1 is 1.00 bits per heavy atom. The zero-order valence-electron chi connectivity index (χ0n) is 13.1. The van der Waals surface area contributed by atoms with Crippen LogP contribution in [-0.4, -0.2) is 10.1 Å². The number of hydrogen-bond donors (Lipinski definition) is 2. The van der Waals surface area contributed by atoms with Crippen LogP contribution in [0, 0.1) is 6.92 Å². The average Bonchev–Trinajstić information content (AvgIpc) is 2.61. The minimum Gasteiger partial charge on any atom is -0.384 e. The molecule has 116 valence electrons. The molecular formula is C20H20N2O. The molecule has 3 aromatic rings. The van der Waals surface area contributed by atoms with Crippen LogP contribution >= 0.6 is 0 Å². The Bertz CT molecular complexity index is 757. The molecule has 1 heterocycles. The third-order valence-corrected chi connectivity index (χ3v) is 3.88. The fourth-order valence-corrected chi connectivity index (χ4v) is 2.55. The summed E-state index contributed by atoms with van der Waals surface area (Å²) in [6.07, 6.45) is 1.10. The van der Waals surface area contributed by atoms with Crippen molar-refractivity contribution in [1.82, 2.24) is 4.98 Å². The van der Waals surface area contributed by atoms with Crippen LogP contribution in [0.3, 0.4) is 0 Å². The summed E-state index contributed by atoms with van der Waals surface area (Å²) in [5, 5.41) is 13.8. The van der Waals surface area contributed by atoms with Crippen LogP contribution in [-0.2, 0) is 6.54 Å². The van der Waals surface area contributed by atoms with E-state index in [2.05, 4.69) is 22.4 Å². The van der Waals surface area contributed by atoms with E-state index in [1.807, 2.05) is 61.5 Å². The Kier molecular flexibility index (Phi) is 4.69. The summed E-state index contributed by atoms with van der Waals surface area (Å²) in [6, 6.07) is 21.8. The summed E-state index contributed by atoms with van der Waals surface area (Å²) in [5.41, 5.74) is 3.94. The second kappa shape index (κ2) is 7.07. The topological polar surface area (TPSA) is 45.2 Å². The molecule has 0 aliphatic heterocycles. The van der Waals surface area contributed by atoms with Crippen molar-refractivity contribution in [3.05, 3.63) is 95.2 Å². The molecule has 3 rings (SSSR count). The molecule has 0 spiro atoms. The first kappa shape index (κ1) is 15.3. The smallest absolute Gasteiger partial charge is 0.126 e. The van der Waals surface area contributed by atoms with E-state index in [-0.39, 0.29) is 0 Å². The van der Waals surface area contributed by atoms with E-state index in [1.165, 1.54) is 5.56 Å². The first-order valence-electron chi connectivity index (χ1n) is 7.71. The van der Waals surface area contributed by atoms with Crippen LogP contribution in [0.1, 0.15) is 28.4 Å². The number of aliphatic hydroxyl groups excluding tert-OH is 1. The Labute approximate surface area is 136 Å². The van der Waals surface area contributed by atoms with E-state index in [9.17, 15) is 5.11 Å². The van der Waals surface area contributed by atoms with Crippen LogP contribution in [0.15, 0.2) is 72.9 Å². The highest BCUT2D eigenvalue weighted by molar-refractivity contribution is 5.43. The first-order chi connectivity index (χ1) is 11.2. The van der Waals surface area contributed by atoms with Crippen molar-refractivity contribution < 1.29 is 5.11 Å². The normalized spacial score (nSPS) is 11.9. The highest BCUT2D eigenvalue weighted by atomic mass is 16.3. The van der Waals surface area contributed by atoms with Gasteiger partial charge in [-0.05, 0) is 29.7 Å². The fraction of sp³-hybridized carbons (Fsp3) is 0.150. The largest absolute Gasteiger partial charge is 0.384 e. The van der Waals surface area contributed by atoms with Gasteiger partial charge in [-0.3, -0.25) is 0 Å². The standard InChI is InChI=1S/C20H20N2O/c1-15-12-19(21-13-16-8-4-2-5-9-16)22-14-18(15)20(23)17-10-6-3-7-11-17/h2-12,14,20,23H,13H2,1H3,(H,21,22)/t20-/m1/s1. The van der Waals surface area contributed by atoms with E-state index in [0.29, 0.717) is 0 Å². The zero-order valence-corrected chi connectivity index (χ0v) is 13.1. The van der Waals surface area contributed by atoms with E-state index in [0.717, 1.165) is 29.1 Å². The van der Waals surface area contributed by atoms with Gasteiger partial charge in [0.05, 0.1) is 0 Å². The molecule has 0 amide bonds. The lowest BCUT2D eigenvalue weighted by molar-refractivity contribution is 0.219. The van der Waals surface area contributed by atoms with Crippen molar-refractivity contribution in [2.75, 3.05) is 5.32 Å². The van der Waals surface area contributed by atoms with Gasteiger partial charge in [0.2, 0.25) is 0 Å². The molecule has 0 unspecified atom stereocenters. The van der Waals surface area contributed by atoms with Gasteiger partial charge in [-0.1, -0.05) is 60.7 Å². The summed E-state index contributed by atoms with van der Waals surface area (Å²) in [7, 11) is 0. The van der Waals surface area contributed by atoms with Crippen LogP contribution in [0.2, 0.25) is 0 Å². The third-order valence-electron chi connectivity index (χ3n) is 3.88. The van der Waals surface area contributed by atoms with E-state index in [4.69, 9.17) is 0 Å². The summed E-state index contributed by atoms with van der Waals surface area (Å²) in [6.45, 7) is 2.73. The maximum atomic E-state index is 10.5. The summed E-state index contributed by atoms with van der Waals surface area (Å²) in [5.74, 6) is 0.815. The van der Waals surface area contributed by atoms with Crippen molar-refractivity contribution in [2.24, 2.45) is 0 Å². The number of nitrogens with zero attached hydrogens (tertiary/aromatic N) is 1. The molecule has 0 saturated carbocycles. The van der Waals surface area contributed by atoms with Crippen LogP contribution < -0.4 is 5.32 Å². The average molecular weight is 304 g/mol. The molecule has 1 atom stereocenters. The molecule has 0 radical (unpaired) electrons. The molecule has 2 aromatic carbocycles. The minimum absolute atomic E-state index is 0.646. The van der Waals surface area contributed by atoms with Gasteiger partial charge in [0.15, 0.2) is 0 Å². The number of benzene rings is 2. The molecule has 0 aliphatic rings. The summed E-state index contributed by atoms with van der Waals surface area (Å²) < 4.78 is 0. The maximum Gasteiger partial charge on any atom is 0.126 e. The van der Waals surface area contributed by atoms with Crippen LogP contribution in [0.25, 0.3) is 0 Å². The summed E-state index contributed by atoms with van der Waals surface area (Å²) >= 11 is 0. The SMILES string of the molecule is Cc1cc(NCc2ccccc2)ncc1[C@H](O)c1ccccc1. The second-order valence-electron chi connectivity index (χ2n) is 5.58. The second-order valence-corrected chi connectivity index (χ2v) is 5.58. The van der Waals surface area contributed by atoms with Gasteiger partial charge in [0, 0.05) is 18.3 Å². The molecule has 0 aliphatic carbocycles. The Morgan fingerprint density at radius 3 is 2.30 bits per heavy atom. The molecule has 2 N–H and O–H groups in total. The van der Waals surface area contributed by atoms with Gasteiger partial charge in [0.25, 0.3) is 0 Å². The highest BCUT2D eigenvalue weighted by Gasteiger charge is 2.13. The van der Waals surface area contributed by atoms with Gasteiger partial charge in [0.1, 0.15) is 11.9 Å².